The Morgan fingerprint density at radius 1 is 1.32 bits per heavy atom. The average Bonchev–Trinajstić information content (AvgIpc) is 2.42. The van der Waals surface area contributed by atoms with Gasteiger partial charge < -0.3 is 14.8 Å². The van der Waals surface area contributed by atoms with E-state index in [0.717, 1.165) is 5.75 Å². The summed E-state index contributed by atoms with van der Waals surface area (Å²) in [6.45, 7) is 6.71. The molecule has 1 aromatic carbocycles. The number of benzene rings is 1. The van der Waals surface area contributed by atoms with E-state index in [4.69, 9.17) is 9.47 Å². The van der Waals surface area contributed by atoms with E-state index in [0.29, 0.717) is 24.6 Å². The highest BCUT2D eigenvalue weighted by Gasteiger charge is 2.18. The number of nitrogens with one attached hydrogen (secondary N) is 1. The second kappa shape index (κ2) is 7.67. The minimum absolute atomic E-state index is 0.0704. The van der Waals surface area contributed by atoms with E-state index in [1.165, 1.54) is 0 Å². The summed E-state index contributed by atoms with van der Waals surface area (Å²) in [5, 5.41) is 2.89. The van der Waals surface area contributed by atoms with Gasteiger partial charge >= 0.3 is 0 Å². The second-order valence-corrected chi connectivity index (χ2v) is 4.83. The van der Waals surface area contributed by atoms with E-state index in [1.54, 1.807) is 13.2 Å². The van der Waals surface area contributed by atoms with Crippen molar-refractivity contribution in [3.8, 4) is 11.5 Å². The fourth-order valence-electron chi connectivity index (χ4n) is 1.58. The first kappa shape index (κ1) is 15.3. The van der Waals surface area contributed by atoms with Crippen molar-refractivity contribution in [2.24, 2.45) is 5.92 Å². The Morgan fingerprint density at radius 2 is 2.00 bits per heavy atom. The number of rotatable bonds is 7. The Labute approximate surface area is 115 Å². The smallest absolute Gasteiger partial charge is 0.261 e. The monoisotopic (exact) mass is 265 g/mol. The first-order valence-electron chi connectivity index (χ1n) is 6.65. The Bertz CT molecular complexity index is 404. The molecular formula is C15H23NO3. The predicted molar refractivity (Wildman–Crippen MR) is 75.5 cm³/mol. The maximum absolute atomic E-state index is 12.0. The molecule has 0 bridgehead atoms. The SMILES string of the molecule is CC[C@H](Oc1cccc(OC)c1)C(=O)NCC(C)C. The third-order valence-corrected chi connectivity index (χ3v) is 2.67. The van der Waals surface area contributed by atoms with Crippen molar-refractivity contribution < 1.29 is 14.3 Å². The van der Waals surface area contributed by atoms with Gasteiger partial charge in [0.15, 0.2) is 6.10 Å². The third kappa shape index (κ3) is 5.20. The normalized spacial score (nSPS) is 12.1. The van der Waals surface area contributed by atoms with Gasteiger partial charge in [0, 0.05) is 12.6 Å². The summed E-state index contributed by atoms with van der Waals surface area (Å²) in [5.41, 5.74) is 0. The van der Waals surface area contributed by atoms with Gasteiger partial charge in [-0.15, -0.1) is 0 Å². The van der Waals surface area contributed by atoms with Gasteiger partial charge in [0.25, 0.3) is 5.91 Å². The zero-order chi connectivity index (χ0) is 14.3. The molecule has 0 heterocycles. The number of ether oxygens (including phenoxy) is 2. The summed E-state index contributed by atoms with van der Waals surface area (Å²) in [6.07, 6.45) is 0.159. The average molecular weight is 265 g/mol. The van der Waals surface area contributed by atoms with Crippen LogP contribution in [0.25, 0.3) is 0 Å². The van der Waals surface area contributed by atoms with Gasteiger partial charge in [-0.25, -0.2) is 0 Å². The molecule has 1 N–H and O–H groups in total. The molecule has 0 aliphatic rings. The molecule has 4 heteroatoms. The van der Waals surface area contributed by atoms with Gasteiger partial charge in [0.05, 0.1) is 7.11 Å². The Morgan fingerprint density at radius 3 is 2.58 bits per heavy atom. The molecule has 0 aliphatic heterocycles. The Kier molecular flexibility index (Phi) is 6.19. The van der Waals surface area contributed by atoms with Crippen LogP contribution in [0.2, 0.25) is 0 Å². The van der Waals surface area contributed by atoms with Gasteiger partial charge in [-0.2, -0.15) is 0 Å². The van der Waals surface area contributed by atoms with E-state index in [2.05, 4.69) is 19.2 Å². The lowest BCUT2D eigenvalue weighted by Crippen LogP contribution is -2.39. The molecule has 0 aliphatic carbocycles. The Balaban J connectivity index is 2.62. The zero-order valence-electron chi connectivity index (χ0n) is 12.1. The van der Waals surface area contributed by atoms with Crippen molar-refractivity contribution in [3.05, 3.63) is 24.3 Å². The molecule has 19 heavy (non-hydrogen) atoms. The molecule has 106 valence electrons. The largest absolute Gasteiger partial charge is 0.497 e. The van der Waals surface area contributed by atoms with Crippen molar-refractivity contribution in [3.63, 3.8) is 0 Å². The zero-order valence-corrected chi connectivity index (χ0v) is 12.1. The van der Waals surface area contributed by atoms with Crippen LogP contribution in [0.5, 0.6) is 11.5 Å². The van der Waals surface area contributed by atoms with Gasteiger partial charge in [0.1, 0.15) is 11.5 Å². The van der Waals surface area contributed by atoms with Crippen molar-refractivity contribution in [1.29, 1.82) is 0 Å². The van der Waals surface area contributed by atoms with Crippen LogP contribution in [0.15, 0.2) is 24.3 Å². The van der Waals surface area contributed by atoms with Crippen LogP contribution in [0, 0.1) is 5.92 Å². The maximum atomic E-state index is 12.0. The van der Waals surface area contributed by atoms with Gasteiger partial charge in [0.2, 0.25) is 0 Å². The van der Waals surface area contributed by atoms with E-state index < -0.39 is 6.10 Å². The van der Waals surface area contributed by atoms with E-state index in [9.17, 15) is 4.79 Å². The highest BCUT2D eigenvalue weighted by atomic mass is 16.5. The number of methoxy groups -OCH3 is 1. The first-order valence-corrected chi connectivity index (χ1v) is 6.65. The van der Waals surface area contributed by atoms with Crippen LogP contribution >= 0.6 is 0 Å². The summed E-state index contributed by atoms with van der Waals surface area (Å²) in [4.78, 5) is 12.0. The number of carbonyl (C=O) groups is 1. The summed E-state index contributed by atoms with van der Waals surface area (Å²) in [6, 6.07) is 7.28. The highest BCUT2D eigenvalue weighted by molar-refractivity contribution is 5.81. The molecule has 1 rings (SSSR count). The van der Waals surface area contributed by atoms with Crippen LogP contribution in [0.3, 0.4) is 0 Å². The third-order valence-electron chi connectivity index (χ3n) is 2.67. The second-order valence-electron chi connectivity index (χ2n) is 4.83. The van der Waals surface area contributed by atoms with Crippen molar-refractivity contribution >= 4 is 5.91 Å². The van der Waals surface area contributed by atoms with E-state index in [1.807, 2.05) is 25.1 Å². The Hall–Kier alpha value is -1.71. The van der Waals surface area contributed by atoms with Crippen LogP contribution in [0.1, 0.15) is 27.2 Å². The lowest BCUT2D eigenvalue weighted by molar-refractivity contribution is -0.128. The first-order chi connectivity index (χ1) is 9.06. The predicted octanol–water partition coefficient (Wildman–Crippen LogP) is 2.62. The maximum Gasteiger partial charge on any atom is 0.261 e. The minimum atomic E-state index is -0.467. The number of carbonyl (C=O) groups excluding carboxylic acids is 1. The fraction of sp³-hybridized carbons (Fsp3) is 0.533. The van der Waals surface area contributed by atoms with Gasteiger partial charge in [-0.1, -0.05) is 26.8 Å². The van der Waals surface area contributed by atoms with Gasteiger partial charge in [-0.05, 0) is 24.5 Å². The molecule has 0 spiro atoms. The fourth-order valence-corrected chi connectivity index (χ4v) is 1.58. The summed E-state index contributed by atoms with van der Waals surface area (Å²) >= 11 is 0. The molecule has 0 radical (unpaired) electrons. The van der Waals surface area contributed by atoms with Crippen molar-refractivity contribution in [1.82, 2.24) is 5.32 Å². The standard InChI is InChI=1S/C15H23NO3/c1-5-14(15(17)16-10-11(2)3)19-13-8-6-7-12(9-13)18-4/h6-9,11,14H,5,10H2,1-4H3,(H,16,17)/t14-/m0/s1. The molecule has 1 amide bonds. The van der Waals surface area contributed by atoms with E-state index >= 15 is 0 Å². The van der Waals surface area contributed by atoms with Crippen LogP contribution in [-0.2, 0) is 4.79 Å². The topological polar surface area (TPSA) is 47.6 Å². The molecule has 0 aromatic heterocycles. The lowest BCUT2D eigenvalue weighted by Gasteiger charge is -2.18. The number of amides is 1. The highest BCUT2D eigenvalue weighted by Crippen LogP contribution is 2.20. The minimum Gasteiger partial charge on any atom is -0.497 e. The van der Waals surface area contributed by atoms with Crippen LogP contribution in [-0.4, -0.2) is 25.7 Å². The molecule has 1 aromatic rings. The molecule has 1 atom stereocenters. The molecule has 0 fully saturated rings. The summed E-state index contributed by atoms with van der Waals surface area (Å²) < 4.78 is 10.8. The van der Waals surface area contributed by atoms with Crippen LogP contribution in [0.4, 0.5) is 0 Å². The van der Waals surface area contributed by atoms with E-state index in [-0.39, 0.29) is 5.91 Å². The summed E-state index contributed by atoms with van der Waals surface area (Å²) in [7, 11) is 1.60. The molecule has 0 unspecified atom stereocenters. The molecule has 0 saturated heterocycles. The summed E-state index contributed by atoms with van der Waals surface area (Å²) in [5.74, 6) is 1.72. The van der Waals surface area contributed by atoms with Crippen molar-refractivity contribution in [2.45, 2.75) is 33.3 Å². The molecule has 0 saturated carbocycles. The van der Waals surface area contributed by atoms with Crippen molar-refractivity contribution in [2.75, 3.05) is 13.7 Å². The quantitative estimate of drug-likeness (QED) is 0.824. The molecular weight excluding hydrogens is 242 g/mol. The lowest BCUT2D eigenvalue weighted by atomic mass is 10.2. The number of hydrogen-bond acceptors (Lipinski definition) is 3. The van der Waals surface area contributed by atoms with Gasteiger partial charge in [-0.3, -0.25) is 4.79 Å². The van der Waals surface area contributed by atoms with Crippen LogP contribution < -0.4 is 14.8 Å². The number of hydrogen-bond donors (Lipinski definition) is 1. The molecule has 4 nitrogen and oxygen atoms in total.